The molecule has 1 aliphatic carbocycles. The number of nitrogens with zero attached hydrogens (tertiary/aromatic N) is 1. The van der Waals surface area contributed by atoms with Crippen molar-refractivity contribution in [3.05, 3.63) is 0 Å². The van der Waals surface area contributed by atoms with Crippen molar-refractivity contribution in [2.24, 2.45) is 17.0 Å². The van der Waals surface area contributed by atoms with E-state index in [0.717, 1.165) is 12.3 Å². The quantitative estimate of drug-likeness (QED) is 0.574. The predicted octanol–water partition coefficient (Wildman–Crippen LogP) is 2.44. The first-order chi connectivity index (χ1) is 5.25. The van der Waals surface area contributed by atoms with E-state index in [0.29, 0.717) is 12.5 Å². The molecule has 1 fully saturated rings. The second-order valence-electron chi connectivity index (χ2n) is 3.39. The molecular formula is C9H17NO. The molecule has 0 heterocycles. The first kappa shape index (κ1) is 8.57. The molecule has 0 aromatic rings. The molecule has 0 radical (unpaired) electrons. The molecule has 0 spiro atoms. The Morgan fingerprint density at radius 1 is 1.64 bits per heavy atom. The van der Waals surface area contributed by atoms with Gasteiger partial charge in [-0.3, -0.25) is 0 Å². The Labute approximate surface area is 68.6 Å². The summed E-state index contributed by atoms with van der Waals surface area (Å²) in [6.07, 6.45) is 2.44. The summed E-state index contributed by atoms with van der Waals surface area (Å²) in [5.74, 6) is 1.42. The molecule has 0 aromatic heterocycles. The lowest BCUT2D eigenvalue weighted by Gasteiger charge is -2.30. The summed E-state index contributed by atoms with van der Waals surface area (Å²) >= 11 is 0. The third kappa shape index (κ3) is 1.95. The van der Waals surface area contributed by atoms with Gasteiger partial charge in [-0.15, -0.1) is 0 Å². The van der Waals surface area contributed by atoms with E-state index in [1.54, 1.807) is 0 Å². The summed E-state index contributed by atoms with van der Waals surface area (Å²) in [6, 6.07) is 0. The molecule has 1 saturated carbocycles. The summed E-state index contributed by atoms with van der Waals surface area (Å²) in [4.78, 5) is 5.01. The molecule has 0 amide bonds. The van der Waals surface area contributed by atoms with Crippen molar-refractivity contribution in [1.82, 2.24) is 0 Å². The van der Waals surface area contributed by atoms with Gasteiger partial charge in [-0.1, -0.05) is 19.0 Å². The lowest BCUT2D eigenvalue weighted by Crippen LogP contribution is -2.30. The molecule has 0 bridgehead atoms. The van der Waals surface area contributed by atoms with Gasteiger partial charge < -0.3 is 4.84 Å². The normalized spacial score (nSPS) is 27.3. The van der Waals surface area contributed by atoms with Gasteiger partial charge >= 0.3 is 0 Å². The Morgan fingerprint density at radius 3 is 2.73 bits per heavy atom. The van der Waals surface area contributed by atoms with Crippen molar-refractivity contribution < 1.29 is 4.84 Å². The van der Waals surface area contributed by atoms with Crippen molar-refractivity contribution in [1.29, 1.82) is 0 Å². The smallest absolute Gasteiger partial charge is 0.114 e. The highest BCUT2D eigenvalue weighted by Gasteiger charge is 2.29. The zero-order chi connectivity index (χ0) is 8.27. The van der Waals surface area contributed by atoms with E-state index in [-0.39, 0.29) is 0 Å². The van der Waals surface area contributed by atoms with Gasteiger partial charge in [-0.05, 0) is 25.7 Å². The van der Waals surface area contributed by atoms with Crippen LogP contribution in [0.25, 0.3) is 0 Å². The van der Waals surface area contributed by atoms with Crippen LogP contribution in [0.3, 0.4) is 0 Å². The van der Waals surface area contributed by atoms with E-state index >= 15 is 0 Å². The summed E-state index contributed by atoms with van der Waals surface area (Å²) in [5, 5.41) is 4.07. The van der Waals surface area contributed by atoms with Gasteiger partial charge in [0.1, 0.15) is 6.61 Å². The molecule has 64 valence electrons. The topological polar surface area (TPSA) is 21.6 Å². The minimum atomic E-state index is 0.689. The van der Waals surface area contributed by atoms with Gasteiger partial charge in [0.05, 0.1) is 5.71 Å². The van der Waals surface area contributed by atoms with Crippen LogP contribution in [0.2, 0.25) is 0 Å². The molecule has 2 heteroatoms. The molecule has 11 heavy (non-hydrogen) atoms. The van der Waals surface area contributed by atoms with Gasteiger partial charge in [0.15, 0.2) is 0 Å². The first-order valence-corrected chi connectivity index (χ1v) is 4.44. The first-order valence-electron chi connectivity index (χ1n) is 4.44. The standard InChI is InChI=1S/C9H17NO/c1-4-11-10-9-6-5-8(9)7(2)3/h7-8H,4-6H2,1-3H3/b10-9+. The number of rotatable bonds is 3. The fourth-order valence-corrected chi connectivity index (χ4v) is 1.42. The average Bonchev–Trinajstić information content (AvgIpc) is 1.84. The van der Waals surface area contributed by atoms with Crippen LogP contribution in [0, 0.1) is 11.8 Å². The van der Waals surface area contributed by atoms with Crippen LogP contribution in [-0.4, -0.2) is 12.3 Å². The fourth-order valence-electron chi connectivity index (χ4n) is 1.42. The van der Waals surface area contributed by atoms with Crippen molar-refractivity contribution in [3.63, 3.8) is 0 Å². The largest absolute Gasteiger partial charge is 0.396 e. The van der Waals surface area contributed by atoms with Crippen LogP contribution in [0.1, 0.15) is 33.6 Å². The van der Waals surface area contributed by atoms with E-state index in [2.05, 4.69) is 19.0 Å². The van der Waals surface area contributed by atoms with Crippen LogP contribution in [0.15, 0.2) is 5.16 Å². The maximum atomic E-state index is 5.01. The second kappa shape index (κ2) is 3.74. The fraction of sp³-hybridized carbons (Fsp3) is 0.889. The van der Waals surface area contributed by atoms with Crippen LogP contribution in [0.4, 0.5) is 0 Å². The third-order valence-electron chi connectivity index (χ3n) is 2.26. The van der Waals surface area contributed by atoms with E-state index < -0.39 is 0 Å². The molecule has 1 unspecified atom stereocenters. The van der Waals surface area contributed by atoms with Crippen LogP contribution >= 0.6 is 0 Å². The predicted molar refractivity (Wildman–Crippen MR) is 46.6 cm³/mol. The highest BCUT2D eigenvalue weighted by Crippen LogP contribution is 2.30. The lowest BCUT2D eigenvalue weighted by molar-refractivity contribution is 0.152. The summed E-state index contributed by atoms with van der Waals surface area (Å²) in [6.45, 7) is 7.14. The van der Waals surface area contributed by atoms with Crippen molar-refractivity contribution in [2.45, 2.75) is 33.6 Å². The minimum Gasteiger partial charge on any atom is -0.396 e. The Bertz CT molecular complexity index is 152. The Kier molecular flexibility index (Phi) is 2.92. The monoisotopic (exact) mass is 155 g/mol. The molecule has 0 aliphatic heterocycles. The molecule has 0 saturated heterocycles. The maximum Gasteiger partial charge on any atom is 0.114 e. The van der Waals surface area contributed by atoms with Gasteiger partial charge in [0.25, 0.3) is 0 Å². The zero-order valence-corrected chi connectivity index (χ0v) is 7.63. The van der Waals surface area contributed by atoms with Crippen molar-refractivity contribution >= 4 is 5.71 Å². The summed E-state index contributed by atoms with van der Waals surface area (Å²) in [7, 11) is 0. The van der Waals surface area contributed by atoms with Crippen molar-refractivity contribution in [3.8, 4) is 0 Å². The third-order valence-corrected chi connectivity index (χ3v) is 2.26. The SMILES string of the molecule is CCO/N=C1\CCC1C(C)C. The molecular weight excluding hydrogens is 138 g/mol. The molecule has 2 nitrogen and oxygen atoms in total. The van der Waals surface area contributed by atoms with Gasteiger partial charge in [-0.25, -0.2) is 0 Å². The Balaban J connectivity index is 2.36. The molecule has 1 atom stereocenters. The van der Waals surface area contributed by atoms with Gasteiger partial charge in [-0.2, -0.15) is 0 Å². The molecule has 1 aliphatic rings. The molecule has 0 aromatic carbocycles. The maximum absolute atomic E-state index is 5.01. The zero-order valence-electron chi connectivity index (χ0n) is 7.63. The lowest BCUT2D eigenvalue weighted by atomic mass is 9.75. The average molecular weight is 155 g/mol. The van der Waals surface area contributed by atoms with E-state index in [9.17, 15) is 0 Å². The van der Waals surface area contributed by atoms with Gasteiger partial charge in [0, 0.05) is 5.92 Å². The highest BCUT2D eigenvalue weighted by atomic mass is 16.6. The van der Waals surface area contributed by atoms with Crippen LogP contribution < -0.4 is 0 Å². The molecule has 1 rings (SSSR count). The number of hydrogen-bond donors (Lipinski definition) is 0. The minimum absolute atomic E-state index is 0.689. The Hall–Kier alpha value is -0.530. The highest BCUT2D eigenvalue weighted by molar-refractivity contribution is 5.91. The number of oxime groups is 1. The van der Waals surface area contributed by atoms with Crippen LogP contribution in [0.5, 0.6) is 0 Å². The van der Waals surface area contributed by atoms with E-state index in [4.69, 9.17) is 4.84 Å². The second-order valence-corrected chi connectivity index (χ2v) is 3.39. The number of hydrogen-bond acceptors (Lipinski definition) is 2. The van der Waals surface area contributed by atoms with Crippen LogP contribution in [-0.2, 0) is 4.84 Å². The van der Waals surface area contributed by atoms with E-state index in [1.165, 1.54) is 12.1 Å². The van der Waals surface area contributed by atoms with Crippen molar-refractivity contribution in [2.75, 3.05) is 6.61 Å². The van der Waals surface area contributed by atoms with Gasteiger partial charge in [0.2, 0.25) is 0 Å². The Morgan fingerprint density at radius 2 is 2.36 bits per heavy atom. The molecule has 0 N–H and O–H groups in total. The summed E-state index contributed by atoms with van der Waals surface area (Å²) in [5.41, 5.74) is 1.27. The summed E-state index contributed by atoms with van der Waals surface area (Å²) < 4.78 is 0. The van der Waals surface area contributed by atoms with E-state index in [1.807, 2.05) is 6.92 Å².